The molecule has 1 N–H and O–H groups in total. The van der Waals surface area contributed by atoms with Crippen LogP contribution in [0.4, 0.5) is 0 Å². The van der Waals surface area contributed by atoms with Gasteiger partial charge in [-0.05, 0) is 0 Å². The second-order valence-electron chi connectivity index (χ2n) is 1.78. The summed E-state index contributed by atoms with van der Waals surface area (Å²) < 4.78 is 0. The summed E-state index contributed by atoms with van der Waals surface area (Å²) in [7, 11) is 5.53. The molecule has 0 amide bonds. The predicted octanol–water partition coefficient (Wildman–Crippen LogP) is 1.84. The quantitative estimate of drug-likeness (QED) is 0.352. The first-order chi connectivity index (χ1) is 4.16. The number of hydrogen-bond acceptors (Lipinski definition) is 1. The Bertz CT molecular complexity index is 160. The van der Waals surface area contributed by atoms with Gasteiger partial charge in [-0.15, -0.1) is 0 Å². The van der Waals surface area contributed by atoms with Crippen molar-refractivity contribution in [2.45, 2.75) is 6.42 Å². The zero-order valence-electron chi connectivity index (χ0n) is 5.18. The van der Waals surface area contributed by atoms with E-state index >= 15 is 0 Å². The molecule has 1 nitrogen and oxygen atoms in total. The molecule has 0 spiro atoms. The molecule has 50 valence electrons. The Hall–Kier alpha value is 0.795. The molecular formula is C5H9BIOP. The van der Waals surface area contributed by atoms with Crippen molar-refractivity contribution in [1.29, 1.82) is 0 Å². The molecule has 0 bridgehead atoms. The van der Waals surface area contributed by atoms with E-state index in [0.717, 1.165) is 11.7 Å². The first-order valence-electron chi connectivity index (χ1n) is 2.62. The predicted molar refractivity (Wildman–Crippen MR) is 52.4 cm³/mol. The molecule has 0 saturated carbocycles. The SMILES string of the molecule is B#P(I)CC(=C)CCO. The number of aliphatic hydroxyl groups excluding tert-OH is 1. The molecule has 0 aliphatic rings. The third-order valence-electron chi connectivity index (χ3n) is 0.840. The summed E-state index contributed by atoms with van der Waals surface area (Å²) in [4.78, 5) is -0.392. The van der Waals surface area contributed by atoms with Crippen LogP contribution in [-0.4, -0.2) is 24.9 Å². The molecule has 4 heteroatoms. The van der Waals surface area contributed by atoms with E-state index in [-0.39, 0.29) is 6.61 Å². The maximum absolute atomic E-state index is 8.45. The summed E-state index contributed by atoms with van der Waals surface area (Å²) in [6.45, 7) is 3.95. The summed E-state index contributed by atoms with van der Waals surface area (Å²) in [5.74, 6) is 0. The first-order valence-corrected chi connectivity index (χ1v) is 7.00. The van der Waals surface area contributed by atoms with Gasteiger partial charge in [-0.2, -0.15) is 0 Å². The van der Waals surface area contributed by atoms with Gasteiger partial charge in [0.25, 0.3) is 0 Å². The number of rotatable bonds is 3. The van der Waals surface area contributed by atoms with Crippen molar-refractivity contribution in [3.63, 3.8) is 0 Å². The second-order valence-corrected chi connectivity index (χ2v) is 6.61. The molecule has 0 saturated heterocycles. The van der Waals surface area contributed by atoms with Gasteiger partial charge in [0.15, 0.2) is 0 Å². The van der Waals surface area contributed by atoms with E-state index in [4.69, 9.17) is 12.1 Å². The fourth-order valence-electron chi connectivity index (χ4n) is 0.451. The normalized spacial score (nSPS) is 11.3. The van der Waals surface area contributed by atoms with Gasteiger partial charge in [0.2, 0.25) is 0 Å². The van der Waals surface area contributed by atoms with Crippen LogP contribution in [0.1, 0.15) is 6.42 Å². The van der Waals surface area contributed by atoms with Gasteiger partial charge in [-0.3, -0.25) is 0 Å². The molecule has 0 fully saturated rings. The molecule has 0 aliphatic heterocycles. The minimum atomic E-state index is -0.392. The molecule has 0 aliphatic carbocycles. The van der Waals surface area contributed by atoms with Crippen molar-refractivity contribution in [2.75, 3.05) is 12.8 Å². The van der Waals surface area contributed by atoms with E-state index in [9.17, 15) is 0 Å². The molecule has 0 heterocycles. The van der Waals surface area contributed by atoms with E-state index in [1.807, 2.05) is 0 Å². The molecule has 0 aromatic heterocycles. The minimum absolute atomic E-state index is 0.193. The molecule has 9 heavy (non-hydrogen) atoms. The number of halogens is 1. The van der Waals surface area contributed by atoms with Crippen molar-refractivity contribution >= 4 is 33.9 Å². The monoisotopic (exact) mass is 254 g/mol. The third-order valence-corrected chi connectivity index (χ3v) is 2.61. The van der Waals surface area contributed by atoms with Gasteiger partial charge in [0.1, 0.15) is 0 Å². The molecule has 1 atom stereocenters. The summed E-state index contributed by atoms with van der Waals surface area (Å²) in [6, 6.07) is 0. The third kappa shape index (κ3) is 6.68. The molecule has 0 aromatic rings. The van der Waals surface area contributed by atoms with Crippen molar-refractivity contribution in [3.8, 4) is 0 Å². The van der Waals surface area contributed by atoms with Crippen molar-refractivity contribution in [2.24, 2.45) is 0 Å². The van der Waals surface area contributed by atoms with Gasteiger partial charge in [0, 0.05) is 0 Å². The van der Waals surface area contributed by atoms with Crippen LogP contribution in [0, 0.1) is 0 Å². The Morgan fingerprint density at radius 3 is 2.67 bits per heavy atom. The van der Waals surface area contributed by atoms with Crippen LogP contribution >= 0.6 is 26.9 Å². The average molecular weight is 254 g/mol. The van der Waals surface area contributed by atoms with Crippen molar-refractivity contribution < 1.29 is 5.11 Å². The average Bonchev–Trinajstić information content (AvgIpc) is 1.63. The Labute approximate surface area is 70.4 Å². The Morgan fingerprint density at radius 1 is 1.78 bits per heavy atom. The van der Waals surface area contributed by atoms with Gasteiger partial charge in [-0.25, -0.2) is 0 Å². The Balaban J connectivity index is 3.43. The van der Waals surface area contributed by atoms with Gasteiger partial charge in [0.05, 0.1) is 0 Å². The zero-order valence-corrected chi connectivity index (χ0v) is 8.23. The summed E-state index contributed by atoms with van der Waals surface area (Å²) in [5.41, 5.74) is 1.06. The molecular weight excluding hydrogens is 245 g/mol. The van der Waals surface area contributed by atoms with Crippen LogP contribution in [0.5, 0.6) is 0 Å². The van der Waals surface area contributed by atoms with Crippen LogP contribution in [-0.2, 0) is 0 Å². The number of hydrogen-bond donors (Lipinski definition) is 1. The standard InChI is InChI=1S/C5H9BIOP/c1-5(2-3-8)4-9(6)7/h8H,1-4H2. The summed E-state index contributed by atoms with van der Waals surface area (Å²) >= 11 is 2.20. The van der Waals surface area contributed by atoms with E-state index in [1.54, 1.807) is 0 Å². The van der Waals surface area contributed by atoms with Gasteiger partial charge in [-0.1, -0.05) is 0 Å². The number of aliphatic hydroxyl groups is 1. The van der Waals surface area contributed by atoms with Crippen LogP contribution in [0.25, 0.3) is 0 Å². The van der Waals surface area contributed by atoms with Crippen LogP contribution in [0.15, 0.2) is 12.2 Å². The maximum atomic E-state index is 8.45. The van der Waals surface area contributed by atoms with E-state index in [2.05, 4.69) is 28.6 Å². The van der Waals surface area contributed by atoms with Gasteiger partial charge >= 0.3 is 70.4 Å². The molecule has 1 unspecified atom stereocenters. The van der Waals surface area contributed by atoms with Gasteiger partial charge < -0.3 is 0 Å². The summed E-state index contributed by atoms with van der Waals surface area (Å²) in [6.07, 6.45) is 1.56. The van der Waals surface area contributed by atoms with Crippen LogP contribution in [0.3, 0.4) is 0 Å². The van der Waals surface area contributed by atoms with E-state index in [0.29, 0.717) is 6.42 Å². The Morgan fingerprint density at radius 2 is 2.33 bits per heavy atom. The van der Waals surface area contributed by atoms with Crippen LogP contribution < -0.4 is 0 Å². The summed E-state index contributed by atoms with van der Waals surface area (Å²) in [5, 5.41) is 8.45. The fourth-order valence-corrected chi connectivity index (χ4v) is 2.48. The fraction of sp³-hybridized carbons (Fsp3) is 0.600. The topological polar surface area (TPSA) is 20.2 Å². The molecule has 0 rings (SSSR count). The molecule has 0 radical (unpaired) electrons. The van der Waals surface area contributed by atoms with Crippen molar-refractivity contribution in [3.05, 3.63) is 12.2 Å². The molecule has 0 aromatic carbocycles. The van der Waals surface area contributed by atoms with Crippen LogP contribution in [0.2, 0.25) is 0 Å². The van der Waals surface area contributed by atoms with E-state index < -0.39 is 4.88 Å². The Kier molecular flexibility index (Phi) is 6.06. The van der Waals surface area contributed by atoms with E-state index in [1.165, 1.54) is 0 Å². The zero-order chi connectivity index (χ0) is 7.28. The first kappa shape index (κ1) is 9.79. The second kappa shape index (κ2) is 5.57. The van der Waals surface area contributed by atoms with Crippen molar-refractivity contribution in [1.82, 2.24) is 0 Å².